The van der Waals surface area contributed by atoms with Crippen LogP contribution in [0.3, 0.4) is 0 Å². The maximum absolute atomic E-state index is 13.6. The second kappa shape index (κ2) is 17.0. The number of alkyl carbamates (subject to hydrolysis) is 2. The molecule has 4 atom stereocenters. The molecule has 0 bridgehead atoms. The van der Waals surface area contributed by atoms with E-state index >= 15 is 0 Å². The van der Waals surface area contributed by atoms with Gasteiger partial charge < -0.3 is 44.5 Å². The fourth-order valence-electron chi connectivity index (χ4n) is 9.10. The molecule has 0 saturated carbocycles. The highest BCUT2D eigenvalue weighted by molar-refractivity contribution is 5.98. The highest BCUT2D eigenvalue weighted by Crippen LogP contribution is 2.44. The third-order valence-corrected chi connectivity index (χ3v) is 12.7. The van der Waals surface area contributed by atoms with Gasteiger partial charge in [0.15, 0.2) is 0 Å². The summed E-state index contributed by atoms with van der Waals surface area (Å²) >= 11 is 0. The standard InChI is InChI=1S/C46H54N8O7/c1-26(2)39(51-44(57)59-5)43(56)54-18-8-10-38(54)42-48-22-36(50-42)30-12-14-32-31(20-30)23-61-40-33-15-13-29(19-28(33)11-16-34(32)40)35-21-47-41(49-35)37-9-7-17-53(37)24-46(25-55,27(3)4)52-45(58)60-6/h11-16,19-22,25-27,37-39H,7-10,17-18,23-24H2,1-6H3,(H,47,49)(H,48,50)(H,51,57)(H,52,58)/t37-,38-,39-,46+/m0/s1. The van der Waals surface area contributed by atoms with E-state index in [0.29, 0.717) is 19.7 Å². The van der Waals surface area contributed by atoms with Crippen LogP contribution < -0.4 is 15.4 Å². The van der Waals surface area contributed by atoms with Crippen LogP contribution in [0.25, 0.3) is 44.4 Å². The van der Waals surface area contributed by atoms with Gasteiger partial charge in [-0.3, -0.25) is 9.69 Å². The molecule has 0 spiro atoms. The number of likely N-dealkylation sites (tertiary alicyclic amines) is 2. The molecule has 3 aliphatic rings. The van der Waals surface area contributed by atoms with E-state index in [9.17, 15) is 19.2 Å². The molecule has 0 unspecified atom stereocenters. The third kappa shape index (κ3) is 7.94. The Morgan fingerprint density at radius 1 is 0.869 bits per heavy atom. The zero-order valence-corrected chi connectivity index (χ0v) is 35.5. The topological polar surface area (TPSA) is 184 Å². The van der Waals surface area contributed by atoms with Crippen LogP contribution >= 0.6 is 0 Å². The van der Waals surface area contributed by atoms with Crippen LogP contribution in [0.4, 0.5) is 9.59 Å². The van der Waals surface area contributed by atoms with Crippen LogP contribution in [0.15, 0.2) is 60.9 Å². The number of methoxy groups -OCH3 is 2. The van der Waals surface area contributed by atoms with Crippen LogP contribution in [0.1, 0.15) is 82.7 Å². The molecule has 2 saturated heterocycles. The fourth-order valence-corrected chi connectivity index (χ4v) is 9.10. The Balaban J connectivity index is 0.985. The molecule has 3 aromatic carbocycles. The molecule has 2 aromatic heterocycles. The lowest BCUT2D eigenvalue weighted by atomic mass is 9.87. The summed E-state index contributed by atoms with van der Waals surface area (Å²) in [5.74, 6) is 1.98. The molecule has 5 heterocycles. The van der Waals surface area contributed by atoms with E-state index in [1.165, 1.54) is 14.2 Å². The van der Waals surface area contributed by atoms with Gasteiger partial charge in [0, 0.05) is 29.6 Å². The summed E-state index contributed by atoms with van der Waals surface area (Å²) in [6.45, 7) is 9.78. The number of rotatable bonds is 12. The number of aromatic amines is 2. The first-order valence-corrected chi connectivity index (χ1v) is 21.1. The molecule has 4 N–H and O–H groups in total. The van der Waals surface area contributed by atoms with E-state index < -0.39 is 23.8 Å². The normalized spacial score (nSPS) is 18.9. The zero-order chi connectivity index (χ0) is 43.0. The summed E-state index contributed by atoms with van der Waals surface area (Å²) in [6.07, 6.45) is 6.69. The van der Waals surface area contributed by atoms with Gasteiger partial charge in [-0.2, -0.15) is 0 Å². The molecule has 61 heavy (non-hydrogen) atoms. The average molecular weight is 831 g/mol. The first kappa shape index (κ1) is 41.5. The Kier molecular flexibility index (Phi) is 11.6. The monoisotopic (exact) mass is 830 g/mol. The SMILES string of the molecule is COC(=O)N[C@H](C(=O)N1CCC[C@H]1c1ncc(-c2ccc3c(c2)COc2c-3ccc3cc(-c4cnc([C@@H]5CCCN5C[C@](C=O)(NC(=O)OC)C(C)C)[nH]4)ccc23)[nH]1)C(C)C. The number of aldehydes is 1. The van der Waals surface area contributed by atoms with Gasteiger partial charge in [-0.1, -0.05) is 58.0 Å². The molecule has 0 aliphatic carbocycles. The number of nitrogens with one attached hydrogen (secondary N) is 4. The van der Waals surface area contributed by atoms with Gasteiger partial charge >= 0.3 is 12.2 Å². The van der Waals surface area contributed by atoms with E-state index in [-0.39, 0.29) is 29.8 Å². The van der Waals surface area contributed by atoms with Gasteiger partial charge in [0.25, 0.3) is 0 Å². The maximum atomic E-state index is 13.6. The van der Waals surface area contributed by atoms with Crippen LogP contribution in [-0.2, 0) is 25.7 Å². The van der Waals surface area contributed by atoms with Gasteiger partial charge in [-0.25, -0.2) is 19.6 Å². The molecule has 5 aromatic rings. The molecular weight excluding hydrogens is 777 g/mol. The lowest BCUT2D eigenvalue weighted by Gasteiger charge is -2.37. The number of H-pyrrole nitrogens is 2. The summed E-state index contributed by atoms with van der Waals surface area (Å²) in [6, 6.07) is 16.0. The molecule has 15 nitrogen and oxygen atoms in total. The minimum Gasteiger partial charge on any atom is -0.488 e. The number of ether oxygens (including phenoxy) is 3. The summed E-state index contributed by atoms with van der Waals surface area (Å²) < 4.78 is 16.1. The molecule has 2 fully saturated rings. The maximum Gasteiger partial charge on any atom is 0.407 e. The van der Waals surface area contributed by atoms with Crippen molar-refractivity contribution in [1.29, 1.82) is 0 Å². The average Bonchev–Trinajstić information content (AvgIpc) is 4.12. The number of hydrogen-bond acceptors (Lipinski definition) is 10. The number of nitrogens with zero attached hydrogens (tertiary/aromatic N) is 4. The smallest absolute Gasteiger partial charge is 0.407 e. The second-order valence-electron chi connectivity index (χ2n) is 17.0. The van der Waals surface area contributed by atoms with E-state index in [4.69, 9.17) is 24.2 Å². The summed E-state index contributed by atoms with van der Waals surface area (Å²) in [4.78, 5) is 70.9. The van der Waals surface area contributed by atoms with Crippen molar-refractivity contribution in [2.24, 2.45) is 11.8 Å². The number of hydrogen-bond donors (Lipinski definition) is 4. The van der Waals surface area contributed by atoms with Crippen LogP contribution in [0.2, 0.25) is 0 Å². The van der Waals surface area contributed by atoms with E-state index in [1.54, 1.807) is 0 Å². The van der Waals surface area contributed by atoms with Gasteiger partial charge in [0.2, 0.25) is 5.91 Å². The van der Waals surface area contributed by atoms with Crippen LogP contribution in [0, 0.1) is 11.8 Å². The molecule has 8 rings (SSSR count). The predicted molar refractivity (Wildman–Crippen MR) is 229 cm³/mol. The van der Waals surface area contributed by atoms with Crippen molar-refractivity contribution < 1.29 is 33.4 Å². The predicted octanol–water partition coefficient (Wildman–Crippen LogP) is 7.31. The third-order valence-electron chi connectivity index (χ3n) is 12.7. The van der Waals surface area contributed by atoms with Crippen LogP contribution in [0.5, 0.6) is 5.75 Å². The van der Waals surface area contributed by atoms with Crippen molar-refractivity contribution in [2.45, 2.75) is 83.6 Å². The minimum absolute atomic E-state index is 0.0303. The van der Waals surface area contributed by atoms with E-state index in [0.717, 1.165) is 106 Å². The number of aromatic nitrogens is 4. The van der Waals surface area contributed by atoms with Crippen molar-refractivity contribution >= 4 is 35.2 Å². The quantitative estimate of drug-likeness (QED) is 0.0931. The molecule has 320 valence electrons. The first-order valence-electron chi connectivity index (χ1n) is 21.1. The Bertz CT molecular complexity index is 2460. The zero-order valence-electron chi connectivity index (χ0n) is 35.5. The van der Waals surface area contributed by atoms with Crippen LogP contribution in [-0.4, -0.2) is 99.6 Å². The summed E-state index contributed by atoms with van der Waals surface area (Å²) in [5, 5.41) is 7.57. The highest BCUT2D eigenvalue weighted by Gasteiger charge is 2.42. The Morgan fingerprint density at radius 3 is 2.21 bits per heavy atom. The van der Waals surface area contributed by atoms with Gasteiger partial charge in [0.1, 0.15) is 41.9 Å². The number of carbonyl (C=O) groups excluding carboxylic acids is 4. The lowest BCUT2D eigenvalue weighted by Crippen LogP contribution is -2.60. The van der Waals surface area contributed by atoms with Gasteiger partial charge in [0.05, 0.1) is 50.1 Å². The molecule has 15 heteroatoms. The second-order valence-corrected chi connectivity index (χ2v) is 17.0. The Hall–Kier alpha value is -6.22. The Labute approximate surface area is 354 Å². The van der Waals surface area contributed by atoms with Gasteiger partial charge in [-0.05, 0) is 84.3 Å². The van der Waals surface area contributed by atoms with E-state index in [2.05, 4.69) is 74.0 Å². The van der Waals surface area contributed by atoms with Crippen molar-refractivity contribution in [3.8, 4) is 39.4 Å². The Morgan fingerprint density at radius 2 is 1.52 bits per heavy atom. The van der Waals surface area contributed by atoms with Crippen molar-refractivity contribution in [1.82, 2.24) is 40.4 Å². The minimum atomic E-state index is -1.09. The number of imidazole rings is 2. The fraction of sp³-hybridized carbons (Fsp3) is 0.435. The lowest BCUT2D eigenvalue weighted by molar-refractivity contribution is -0.135. The largest absolute Gasteiger partial charge is 0.488 e. The van der Waals surface area contributed by atoms with Crippen molar-refractivity contribution in [3.05, 3.63) is 78.1 Å². The number of benzene rings is 3. The van der Waals surface area contributed by atoms with Crippen molar-refractivity contribution in [3.63, 3.8) is 0 Å². The molecule has 3 aliphatic heterocycles. The van der Waals surface area contributed by atoms with Gasteiger partial charge in [-0.15, -0.1) is 0 Å². The molecule has 3 amide bonds. The summed E-state index contributed by atoms with van der Waals surface area (Å²) in [5.41, 5.74) is 5.82. The number of fused-ring (bicyclic) bond motifs is 5. The number of amides is 3. The molecule has 0 radical (unpaired) electrons. The molecular formula is C46H54N8O7. The summed E-state index contributed by atoms with van der Waals surface area (Å²) in [7, 11) is 2.59. The number of carbonyl (C=O) groups is 4. The van der Waals surface area contributed by atoms with Crippen molar-refractivity contribution in [2.75, 3.05) is 33.9 Å². The van der Waals surface area contributed by atoms with E-state index in [1.807, 2.05) is 45.0 Å². The first-order chi connectivity index (χ1) is 29.4. The highest BCUT2D eigenvalue weighted by atomic mass is 16.5.